The van der Waals surface area contributed by atoms with Gasteiger partial charge in [0, 0.05) is 5.02 Å². The van der Waals surface area contributed by atoms with E-state index < -0.39 is 19.2 Å². The van der Waals surface area contributed by atoms with Crippen molar-refractivity contribution >= 4 is 46.6 Å². The fourth-order valence-corrected chi connectivity index (χ4v) is 3.00. The maximum Gasteiger partial charge on any atom is 0.492 e. The van der Waals surface area contributed by atoms with Gasteiger partial charge in [0.15, 0.2) is 0 Å². The lowest BCUT2D eigenvalue weighted by Gasteiger charge is -2.11. The SMILES string of the molecule is Nc1nnc(Oc2cc(Cl)c3c(c2)B(O)OC3CC(=O)O)s1. The van der Waals surface area contributed by atoms with Crippen LogP contribution in [0.5, 0.6) is 10.9 Å². The Morgan fingerprint density at radius 2 is 2.32 bits per heavy atom. The van der Waals surface area contributed by atoms with Gasteiger partial charge in [-0.3, -0.25) is 4.79 Å². The highest BCUT2D eigenvalue weighted by Crippen LogP contribution is 2.36. The largest absolute Gasteiger partial charge is 0.492 e. The Morgan fingerprint density at radius 3 is 2.95 bits per heavy atom. The van der Waals surface area contributed by atoms with Crippen LogP contribution in [0.25, 0.3) is 0 Å². The summed E-state index contributed by atoms with van der Waals surface area (Å²) in [5.74, 6) is -0.732. The summed E-state index contributed by atoms with van der Waals surface area (Å²) in [6.45, 7) is 0. The first kappa shape index (κ1) is 15.0. The monoisotopic (exact) mass is 341 g/mol. The van der Waals surface area contributed by atoms with Gasteiger partial charge in [0.05, 0.1) is 12.5 Å². The van der Waals surface area contributed by atoms with E-state index in [-0.39, 0.29) is 21.8 Å². The fraction of sp³-hybridized carbons (Fsp3) is 0.182. The van der Waals surface area contributed by atoms with Crippen LogP contribution in [-0.2, 0) is 9.45 Å². The highest BCUT2D eigenvalue weighted by Gasteiger charge is 2.38. The van der Waals surface area contributed by atoms with E-state index in [2.05, 4.69) is 10.2 Å². The van der Waals surface area contributed by atoms with E-state index >= 15 is 0 Å². The van der Waals surface area contributed by atoms with Crippen LogP contribution in [0, 0.1) is 0 Å². The van der Waals surface area contributed by atoms with Crippen LogP contribution in [0.1, 0.15) is 18.1 Å². The molecule has 8 nitrogen and oxygen atoms in total. The van der Waals surface area contributed by atoms with Gasteiger partial charge in [-0.25, -0.2) is 0 Å². The molecule has 0 bridgehead atoms. The van der Waals surface area contributed by atoms with Crippen molar-refractivity contribution in [3.8, 4) is 10.9 Å². The molecule has 0 aliphatic carbocycles. The van der Waals surface area contributed by atoms with Crippen LogP contribution in [0.4, 0.5) is 5.13 Å². The summed E-state index contributed by atoms with van der Waals surface area (Å²) in [4.78, 5) is 10.8. The third-order valence-electron chi connectivity index (χ3n) is 3.00. The molecule has 3 rings (SSSR count). The van der Waals surface area contributed by atoms with Gasteiger partial charge in [0.1, 0.15) is 5.75 Å². The lowest BCUT2D eigenvalue weighted by atomic mass is 9.79. The summed E-state index contributed by atoms with van der Waals surface area (Å²) in [6, 6.07) is 3.01. The number of fused-ring (bicyclic) bond motifs is 1. The number of rotatable bonds is 4. The fourth-order valence-electron chi connectivity index (χ4n) is 2.18. The van der Waals surface area contributed by atoms with Crippen molar-refractivity contribution in [3.05, 3.63) is 22.7 Å². The second-order valence-corrected chi connectivity index (χ2v) is 5.87. The molecule has 1 atom stereocenters. The molecular formula is C11H9BClN3O5S. The Hall–Kier alpha value is -1.88. The predicted octanol–water partition coefficient (Wildman–Crippen LogP) is 0.799. The number of carboxylic acid groups (broad SMARTS) is 1. The van der Waals surface area contributed by atoms with Gasteiger partial charge in [-0.1, -0.05) is 16.7 Å². The maximum atomic E-state index is 10.8. The van der Waals surface area contributed by atoms with Crippen molar-refractivity contribution < 1.29 is 24.3 Å². The number of halogens is 1. The number of hydrogen-bond acceptors (Lipinski definition) is 8. The number of ether oxygens (including phenoxy) is 1. The molecule has 114 valence electrons. The summed E-state index contributed by atoms with van der Waals surface area (Å²) in [5, 5.41) is 26.8. The molecule has 1 aromatic heterocycles. The van der Waals surface area contributed by atoms with Crippen LogP contribution >= 0.6 is 22.9 Å². The zero-order valence-electron chi connectivity index (χ0n) is 10.9. The lowest BCUT2D eigenvalue weighted by Crippen LogP contribution is -2.28. The normalized spacial score (nSPS) is 16.6. The summed E-state index contributed by atoms with van der Waals surface area (Å²) in [7, 11) is -1.26. The second-order valence-electron chi connectivity index (χ2n) is 4.49. The molecule has 0 amide bonds. The van der Waals surface area contributed by atoms with Gasteiger partial charge in [0.25, 0.3) is 0 Å². The highest BCUT2D eigenvalue weighted by atomic mass is 35.5. The maximum absolute atomic E-state index is 10.8. The number of aliphatic carboxylic acids is 1. The van der Waals surface area contributed by atoms with Crippen molar-refractivity contribution in [2.24, 2.45) is 0 Å². The van der Waals surface area contributed by atoms with Gasteiger partial charge in [-0.05, 0) is 34.5 Å². The van der Waals surface area contributed by atoms with E-state index in [4.69, 9.17) is 31.8 Å². The summed E-state index contributed by atoms with van der Waals surface area (Å²) in [6.07, 6.45) is -1.10. The average molecular weight is 342 g/mol. The molecule has 1 aromatic carbocycles. The number of aromatic nitrogens is 2. The first-order valence-electron chi connectivity index (χ1n) is 6.09. The van der Waals surface area contributed by atoms with Gasteiger partial charge < -0.3 is 25.3 Å². The topological polar surface area (TPSA) is 128 Å². The van der Waals surface area contributed by atoms with Gasteiger partial charge >= 0.3 is 18.3 Å². The van der Waals surface area contributed by atoms with Crippen molar-refractivity contribution in [1.29, 1.82) is 0 Å². The van der Waals surface area contributed by atoms with Gasteiger partial charge in [-0.15, -0.1) is 5.10 Å². The van der Waals surface area contributed by atoms with Crippen LogP contribution in [0.2, 0.25) is 5.02 Å². The highest BCUT2D eigenvalue weighted by molar-refractivity contribution is 7.16. The molecule has 22 heavy (non-hydrogen) atoms. The standard InChI is InChI=1S/C11H9BClN3O5S/c13-6-2-4(20-11-16-15-10(14)22-11)1-5-9(6)7(3-8(17)18)21-12(5)19/h1-2,7,19H,3H2,(H2,14,15)(H,17,18). The molecule has 4 N–H and O–H groups in total. The van der Waals surface area contributed by atoms with Crippen molar-refractivity contribution in [2.45, 2.75) is 12.5 Å². The molecule has 1 unspecified atom stereocenters. The first-order chi connectivity index (χ1) is 10.4. The Labute approximate surface area is 133 Å². The predicted molar refractivity (Wildman–Crippen MR) is 79.5 cm³/mol. The number of carbonyl (C=O) groups is 1. The minimum absolute atomic E-state index is 0.226. The Kier molecular flexibility index (Phi) is 3.91. The summed E-state index contributed by atoms with van der Waals surface area (Å²) < 4.78 is 10.7. The number of nitrogen functional groups attached to an aromatic ring is 1. The van der Waals surface area contributed by atoms with E-state index in [0.29, 0.717) is 16.8 Å². The van der Waals surface area contributed by atoms with Gasteiger partial charge in [0.2, 0.25) is 5.13 Å². The summed E-state index contributed by atoms with van der Waals surface area (Å²) >= 11 is 7.22. The van der Waals surface area contributed by atoms with Crippen molar-refractivity contribution in [1.82, 2.24) is 10.2 Å². The molecule has 2 aromatic rings. The van der Waals surface area contributed by atoms with E-state index in [1.807, 2.05) is 0 Å². The molecule has 1 aliphatic heterocycles. The molecule has 0 saturated heterocycles. The zero-order chi connectivity index (χ0) is 15.9. The van der Waals surface area contributed by atoms with Crippen LogP contribution < -0.4 is 15.9 Å². The van der Waals surface area contributed by atoms with Crippen LogP contribution in [-0.4, -0.2) is 33.4 Å². The van der Waals surface area contributed by atoms with E-state index in [1.165, 1.54) is 12.1 Å². The van der Waals surface area contributed by atoms with E-state index in [9.17, 15) is 9.82 Å². The van der Waals surface area contributed by atoms with Crippen LogP contribution in [0.15, 0.2) is 12.1 Å². The lowest BCUT2D eigenvalue weighted by molar-refractivity contribution is -0.138. The molecule has 11 heteroatoms. The summed E-state index contributed by atoms with van der Waals surface area (Å²) in [5.41, 5.74) is 6.27. The third kappa shape index (κ3) is 2.86. The molecule has 0 spiro atoms. The Morgan fingerprint density at radius 1 is 1.55 bits per heavy atom. The number of nitrogens with zero attached hydrogens (tertiary/aromatic N) is 2. The van der Waals surface area contributed by atoms with E-state index in [1.54, 1.807) is 0 Å². The molecule has 0 fully saturated rings. The van der Waals surface area contributed by atoms with Crippen molar-refractivity contribution in [3.63, 3.8) is 0 Å². The third-order valence-corrected chi connectivity index (χ3v) is 3.95. The number of anilines is 1. The number of benzene rings is 1. The molecule has 0 radical (unpaired) electrons. The molecule has 1 aliphatic rings. The molecular weight excluding hydrogens is 332 g/mol. The second kappa shape index (κ2) is 5.73. The minimum Gasteiger partial charge on any atom is -0.481 e. The quantitative estimate of drug-likeness (QED) is 0.697. The average Bonchev–Trinajstić information content (AvgIpc) is 2.94. The number of hydrogen-bond donors (Lipinski definition) is 3. The molecule has 2 heterocycles. The van der Waals surface area contributed by atoms with Crippen LogP contribution in [0.3, 0.4) is 0 Å². The Bertz CT molecular complexity index is 743. The first-order valence-corrected chi connectivity index (χ1v) is 7.29. The Balaban J connectivity index is 1.92. The zero-order valence-corrected chi connectivity index (χ0v) is 12.5. The number of nitrogens with two attached hydrogens (primary N) is 1. The van der Waals surface area contributed by atoms with Gasteiger partial charge in [-0.2, -0.15) is 0 Å². The smallest absolute Gasteiger partial charge is 0.481 e. The van der Waals surface area contributed by atoms with E-state index in [0.717, 1.165) is 11.3 Å². The number of carboxylic acids is 1. The van der Waals surface area contributed by atoms with Crippen molar-refractivity contribution in [2.75, 3.05) is 5.73 Å². The molecule has 0 saturated carbocycles. The minimum atomic E-state index is -1.26.